The van der Waals surface area contributed by atoms with Crippen molar-refractivity contribution in [1.82, 2.24) is 15.0 Å². The maximum Gasteiger partial charge on any atom is 0.277 e. The third-order valence-electron chi connectivity index (χ3n) is 4.22. The lowest BCUT2D eigenvalue weighted by atomic mass is 9.90. The van der Waals surface area contributed by atoms with E-state index in [0.29, 0.717) is 30.1 Å². The number of amidine groups is 1. The molecule has 0 fully saturated rings. The Bertz CT molecular complexity index is 861. The first-order valence-corrected chi connectivity index (χ1v) is 9.68. The second kappa shape index (κ2) is 8.98. The van der Waals surface area contributed by atoms with E-state index in [9.17, 15) is 4.79 Å². The van der Waals surface area contributed by atoms with Crippen molar-refractivity contribution in [2.75, 3.05) is 31.4 Å². The van der Waals surface area contributed by atoms with Crippen molar-refractivity contribution in [3.05, 3.63) is 42.0 Å². The molecule has 148 valence electrons. The minimum atomic E-state index is -0.432. The van der Waals surface area contributed by atoms with Crippen molar-refractivity contribution in [2.24, 2.45) is 10.7 Å². The summed E-state index contributed by atoms with van der Waals surface area (Å²) >= 11 is 1.54. The molecule has 0 saturated heterocycles. The number of aliphatic imine (C=N–C) groups is 1. The fourth-order valence-corrected chi connectivity index (χ4v) is 3.62. The largest absolute Gasteiger partial charge is 0.474 e. The fraction of sp³-hybridized carbons (Fsp3) is 0.389. The molecule has 0 radical (unpaired) electrons. The number of nitrogens with two attached hydrogens (primary N) is 1. The van der Waals surface area contributed by atoms with Crippen molar-refractivity contribution in [3.8, 4) is 5.88 Å². The van der Waals surface area contributed by atoms with E-state index in [2.05, 4.69) is 25.3 Å². The van der Waals surface area contributed by atoms with E-state index in [1.165, 1.54) is 12.4 Å². The number of hydrogen-bond donors (Lipinski definition) is 2. The molecule has 1 aliphatic rings. The molecule has 1 amide bonds. The van der Waals surface area contributed by atoms with Crippen molar-refractivity contribution >= 4 is 28.7 Å². The number of thioether (sulfide) groups is 1. The van der Waals surface area contributed by atoms with Crippen molar-refractivity contribution in [3.63, 3.8) is 0 Å². The molecule has 0 bridgehead atoms. The van der Waals surface area contributed by atoms with E-state index in [4.69, 9.17) is 15.2 Å². The van der Waals surface area contributed by atoms with Gasteiger partial charge in [-0.3, -0.25) is 9.79 Å². The minimum Gasteiger partial charge on any atom is -0.474 e. The first-order chi connectivity index (χ1) is 13.5. The summed E-state index contributed by atoms with van der Waals surface area (Å²) in [5.74, 6) is 1.22. The van der Waals surface area contributed by atoms with Crippen molar-refractivity contribution < 1.29 is 14.3 Å². The minimum absolute atomic E-state index is 0.161. The number of hydrogen-bond acceptors (Lipinski definition) is 9. The molecule has 1 atom stereocenters. The Morgan fingerprint density at radius 3 is 2.89 bits per heavy atom. The molecular formula is C18H22N6O3S. The zero-order valence-corrected chi connectivity index (χ0v) is 16.5. The predicted molar refractivity (Wildman–Crippen MR) is 108 cm³/mol. The van der Waals surface area contributed by atoms with Gasteiger partial charge in [-0.15, -0.1) is 0 Å². The number of ether oxygens (including phenoxy) is 2. The molecule has 10 heteroatoms. The molecule has 0 unspecified atom stereocenters. The van der Waals surface area contributed by atoms with Crippen LogP contribution < -0.4 is 15.8 Å². The summed E-state index contributed by atoms with van der Waals surface area (Å²) in [7, 11) is 1.58. The van der Waals surface area contributed by atoms with Gasteiger partial charge in [-0.05, 0) is 31.0 Å². The molecular weight excluding hydrogens is 380 g/mol. The standard InChI is InChI=1S/C18H22N6O3S/c1-18(4-8-28-17(19)24-18)12-3-5-20-14(9-12)23-16(25)13-10-22-15(11-21-13)27-7-6-26-2/h3,5,9-11H,4,6-8H2,1-2H3,(H2,19,24)(H,20,23,25)/t18-/m0/s1. The van der Waals surface area contributed by atoms with Crippen LogP contribution in [0, 0.1) is 0 Å². The highest BCUT2D eigenvalue weighted by molar-refractivity contribution is 8.13. The van der Waals surface area contributed by atoms with Crippen LogP contribution in [0.25, 0.3) is 0 Å². The van der Waals surface area contributed by atoms with Crippen LogP contribution in [-0.2, 0) is 10.3 Å². The van der Waals surface area contributed by atoms with Crippen LogP contribution in [0.15, 0.2) is 35.7 Å². The molecule has 1 aliphatic heterocycles. The molecule has 28 heavy (non-hydrogen) atoms. The van der Waals surface area contributed by atoms with Gasteiger partial charge >= 0.3 is 0 Å². The van der Waals surface area contributed by atoms with Gasteiger partial charge in [0, 0.05) is 19.1 Å². The number of rotatable bonds is 7. The Labute approximate surface area is 167 Å². The third-order valence-corrected chi connectivity index (χ3v) is 5.01. The van der Waals surface area contributed by atoms with E-state index in [1.807, 2.05) is 13.0 Å². The van der Waals surface area contributed by atoms with Crippen LogP contribution in [0.5, 0.6) is 5.88 Å². The molecule has 3 heterocycles. The molecule has 0 saturated carbocycles. The summed E-state index contributed by atoms with van der Waals surface area (Å²) < 4.78 is 10.2. The van der Waals surface area contributed by atoms with Crippen LogP contribution >= 0.6 is 11.8 Å². The van der Waals surface area contributed by atoms with Gasteiger partial charge in [-0.2, -0.15) is 0 Å². The van der Waals surface area contributed by atoms with Crippen molar-refractivity contribution in [2.45, 2.75) is 18.9 Å². The number of aromatic nitrogens is 3. The SMILES string of the molecule is COCCOc1cnc(C(=O)Nc2cc([C@]3(C)CCSC(N)=N3)ccn2)cn1. The zero-order chi connectivity index (χ0) is 20.0. The van der Waals surface area contributed by atoms with E-state index < -0.39 is 11.4 Å². The number of carbonyl (C=O) groups excluding carboxylic acids is 1. The first kappa shape index (κ1) is 20.0. The van der Waals surface area contributed by atoms with Gasteiger partial charge < -0.3 is 20.5 Å². The summed E-state index contributed by atoms with van der Waals surface area (Å²) in [5, 5.41) is 3.31. The maximum absolute atomic E-state index is 12.4. The second-order valence-electron chi connectivity index (χ2n) is 6.29. The number of carbonyl (C=O) groups is 1. The Morgan fingerprint density at radius 2 is 2.18 bits per heavy atom. The normalized spacial score (nSPS) is 19.0. The molecule has 9 nitrogen and oxygen atoms in total. The smallest absolute Gasteiger partial charge is 0.277 e. The lowest BCUT2D eigenvalue weighted by Crippen LogP contribution is -2.29. The zero-order valence-electron chi connectivity index (χ0n) is 15.7. The monoisotopic (exact) mass is 402 g/mol. The Morgan fingerprint density at radius 1 is 1.32 bits per heavy atom. The molecule has 3 N–H and O–H groups in total. The molecule has 2 aromatic heterocycles. The fourth-order valence-electron chi connectivity index (χ4n) is 2.65. The molecule has 0 spiro atoms. The summed E-state index contributed by atoms with van der Waals surface area (Å²) in [4.78, 5) is 29.4. The van der Waals surface area contributed by atoms with Crippen LogP contribution in [0.2, 0.25) is 0 Å². The van der Waals surface area contributed by atoms with Gasteiger partial charge in [0.1, 0.15) is 18.1 Å². The highest BCUT2D eigenvalue weighted by atomic mass is 32.2. The van der Waals surface area contributed by atoms with Crippen LogP contribution in [0.3, 0.4) is 0 Å². The predicted octanol–water partition coefficient (Wildman–Crippen LogP) is 1.82. The summed E-state index contributed by atoms with van der Waals surface area (Å²) in [5.41, 5.74) is 6.56. The molecule has 0 aromatic carbocycles. The topological polar surface area (TPSA) is 125 Å². The number of anilines is 1. The number of methoxy groups -OCH3 is 1. The summed E-state index contributed by atoms with van der Waals surface area (Å²) in [6.07, 6.45) is 5.24. The van der Waals surface area contributed by atoms with Crippen molar-refractivity contribution in [1.29, 1.82) is 0 Å². The molecule has 0 aliphatic carbocycles. The summed E-state index contributed by atoms with van der Waals surface area (Å²) in [6, 6.07) is 3.69. The van der Waals surface area contributed by atoms with Gasteiger partial charge in [0.25, 0.3) is 5.91 Å². The molecule has 3 rings (SSSR count). The Kier molecular flexibility index (Phi) is 6.42. The van der Waals surface area contributed by atoms with Gasteiger partial charge in [-0.1, -0.05) is 11.8 Å². The second-order valence-corrected chi connectivity index (χ2v) is 7.40. The molecule has 2 aromatic rings. The summed E-state index contributed by atoms with van der Waals surface area (Å²) in [6.45, 7) is 2.82. The average molecular weight is 402 g/mol. The lowest BCUT2D eigenvalue weighted by Gasteiger charge is -2.29. The van der Waals surface area contributed by atoms with Gasteiger partial charge in [0.15, 0.2) is 5.17 Å². The third kappa shape index (κ3) is 4.96. The quantitative estimate of drug-likeness (QED) is 0.672. The van der Waals surface area contributed by atoms with E-state index in [1.54, 1.807) is 31.1 Å². The number of nitrogens with zero attached hydrogens (tertiary/aromatic N) is 4. The van der Waals surface area contributed by atoms with Crippen LogP contribution in [0.1, 0.15) is 29.4 Å². The highest BCUT2D eigenvalue weighted by Gasteiger charge is 2.29. The van der Waals surface area contributed by atoms with Gasteiger partial charge in [0.05, 0.1) is 24.5 Å². The lowest BCUT2D eigenvalue weighted by molar-refractivity contribution is 0.102. The average Bonchev–Trinajstić information content (AvgIpc) is 2.69. The number of nitrogens with one attached hydrogen (secondary N) is 1. The Hall–Kier alpha value is -2.72. The van der Waals surface area contributed by atoms with E-state index >= 15 is 0 Å². The van der Waals surface area contributed by atoms with Crippen LogP contribution in [-0.4, -0.2) is 52.1 Å². The maximum atomic E-state index is 12.4. The Balaban J connectivity index is 1.68. The van der Waals surface area contributed by atoms with E-state index in [-0.39, 0.29) is 5.69 Å². The number of amides is 1. The highest BCUT2D eigenvalue weighted by Crippen LogP contribution is 2.35. The van der Waals surface area contributed by atoms with E-state index in [0.717, 1.165) is 17.7 Å². The van der Waals surface area contributed by atoms with Gasteiger partial charge in [0.2, 0.25) is 5.88 Å². The first-order valence-electron chi connectivity index (χ1n) is 8.70. The van der Waals surface area contributed by atoms with Gasteiger partial charge in [-0.25, -0.2) is 15.0 Å². The number of pyridine rings is 1. The van der Waals surface area contributed by atoms with Crippen LogP contribution in [0.4, 0.5) is 5.82 Å².